The second kappa shape index (κ2) is 7.79. The molecule has 0 bridgehead atoms. The van der Waals surface area contributed by atoms with Gasteiger partial charge in [-0.05, 0) is 50.6 Å². The van der Waals surface area contributed by atoms with Crippen LogP contribution in [0.5, 0.6) is 0 Å². The lowest BCUT2D eigenvalue weighted by Crippen LogP contribution is -2.55. The summed E-state index contributed by atoms with van der Waals surface area (Å²) in [6.07, 6.45) is 3.21. The Kier molecular flexibility index (Phi) is 5.21. The van der Waals surface area contributed by atoms with E-state index in [1.165, 1.54) is 0 Å². The van der Waals surface area contributed by atoms with Crippen LogP contribution >= 0.6 is 0 Å². The Labute approximate surface area is 164 Å². The van der Waals surface area contributed by atoms with E-state index in [1.807, 2.05) is 24.1 Å². The van der Waals surface area contributed by atoms with Crippen molar-refractivity contribution in [1.29, 1.82) is 0 Å². The fourth-order valence-corrected chi connectivity index (χ4v) is 4.21. The predicted octanol–water partition coefficient (Wildman–Crippen LogP) is 1.34. The SMILES string of the molecule is CN1CCCC1C(=O)N1CCN(C(=O)Nc2ccc3c(c2)NC(=O)CC3)CC1. The average Bonchev–Trinajstić information content (AvgIpc) is 3.13. The van der Waals surface area contributed by atoms with Crippen LogP contribution in [0, 0.1) is 0 Å². The predicted molar refractivity (Wildman–Crippen MR) is 106 cm³/mol. The molecule has 0 radical (unpaired) electrons. The van der Waals surface area contributed by atoms with Gasteiger partial charge in [-0.25, -0.2) is 4.79 Å². The highest BCUT2D eigenvalue weighted by atomic mass is 16.2. The summed E-state index contributed by atoms with van der Waals surface area (Å²) in [4.78, 5) is 42.6. The van der Waals surface area contributed by atoms with Gasteiger partial charge in [-0.3, -0.25) is 14.5 Å². The summed E-state index contributed by atoms with van der Waals surface area (Å²) in [5.41, 5.74) is 2.52. The molecule has 1 aromatic carbocycles. The van der Waals surface area contributed by atoms with Crippen LogP contribution in [-0.4, -0.2) is 78.4 Å². The molecule has 150 valence electrons. The van der Waals surface area contributed by atoms with E-state index in [-0.39, 0.29) is 23.9 Å². The van der Waals surface area contributed by atoms with Gasteiger partial charge < -0.3 is 20.4 Å². The number of hydrogen-bond donors (Lipinski definition) is 2. The maximum atomic E-state index is 12.7. The summed E-state index contributed by atoms with van der Waals surface area (Å²) in [6.45, 7) is 3.15. The number of likely N-dealkylation sites (tertiary alicyclic amines) is 1. The van der Waals surface area contributed by atoms with Gasteiger partial charge >= 0.3 is 6.03 Å². The monoisotopic (exact) mass is 385 g/mol. The van der Waals surface area contributed by atoms with E-state index in [2.05, 4.69) is 15.5 Å². The number of nitrogens with one attached hydrogen (secondary N) is 2. The van der Waals surface area contributed by atoms with Crippen molar-refractivity contribution in [3.8, 4) is 0 Å². The molecule has 2 fully saturated rings. The molecular weight excluding hydrogens is 358 g/mol. The molecular formula is C20H27N5O3. The van der Waals surface area contributed by atoms with Gasteiger partial charge in [0, 0.05) is 44.0 Å². The number of amides is 4. The molecule has 0 aliphatic carbocycles. The van der Waals surface area contributed by atoms with Crippen molar-refractivity contribution in [2.45, 2.75) is 31.7 Å². The molecule has 3 heterocycles. The first-order valence-electron chi connectivity index (χ1n) is 9.99. The zero-order chi connectivity index (χ0) is 19.7. The van der Waals surface area contributed by atoms with Gasteiger partial charge in [0.05, 0.1) is 6.04 Å². The molecule has 2 N–H and O–H groups in total. The highest BCUT2D eigenvalue weighted by molar-refractivity contribution is 5.96. The highest BCUT2D eigenvalue weighted by Gasteiger charge is 2.33. The Morgan fingerprint density at radius 2 is 1.82 bits per heavy atom. The molecule has 0 spiro atoms. The Morgan fingerprint density at radius 1 is 1.07 bits per heavy atom. The van der Waals surface area contributed by atoms with Crippen molar-refractivity contribution in [3.63, 3.8) is 0 Å². The normalized spacial score (nSPS) is 22.6. The van der Waals surface area contributed by atoms with Crippen molar-refractivity contribution >= 4 is 29.2 Å². The smallest absolute Gasteiger partial charge is 0.321 e. The van der Waals surface area contributed by atoms with E-state index in [9.17, 15) is 14.4 Å². The molecule has 1 atom stereocenters. The minimum Gasteiger partial charge on any atom is -0.338 e. The third kappa shape index (κ3) is 3.82. The molecule has 0 aromatic heterocycles. The summed E-state index contributed by atoms with van der Waals surface area (Å²) in [6, 6.07) is 5.43. The van der Waals surface area contributed by atoms with Gasteiger partial charge in [0.25, 0.3) is 0 Å². The maximum Gasteiger partial charge on any atom is 0.321 e. The summed E-state index contributed by atoms with van der Waals surface area (Å²) >= 11 is 0. The number of aryl methyl sites for hydroxylation is 1. The minimum atomic E-state index is -0.174. The molecule has 1 unspecified atom stereocenters. The van der Waals surface area contributed by atoms with E-state index in [1.54, 1.807) is 11.0 Å². The number of fused-ring (bicyclic) bond motifs is 1. The lowest BCUT2D eigenvalue weighted by molar-refractivity contribution is -0.137. The molecule has 0 saturated carbocycles. The lowest BCUT2D eigenvalue weighted by atomic mass is 10.0. The van der Waals surface area contributed by atoms with Crippen molar-refractivity contribution in [2.24, 2.45) is 0 Å². The van der Waals surface area contributed by atoms with Crippen LogP contribution in [0.2, 0.25) is 0 Å². The first kappa shape index (κ1) is 18.7. The summed E-state index contributed by atoms with van der Waals surface area (Å²) in [7, 11) is 2.00. The second-order valence-electron chi connectivity index (χ2n) is 7.80. The van der Waals surface area contributed by atoms with Gasteiger partial charge in [-0.15, -0.1) is 0 Å². The van der Waals surface area contributed by atoms with E-state index < -0.39 is 0 Å². The summed E-state index contributed by atoms with van der Waals surface area (Å²) < 4.78 is 0. The van der Waals surface area contributed by atoms with Crippen LogP contribution in [0.4, 0.5) is 16.2 Å². The Bertz CT molecular complexity index is 788. The fourth-order valence-electron chi connectivity index (χ4n) is 4.21. The van der Waals surface area contributed by atoms with Crippen LogP contribution in [0.25, 0.3) is 0 Å². The quantitative estimate of drug-likeness (QED) is 0.805. The Hall–Kier alpha value is -2.61. The number of anilines is 2. The van der Waals surface area contributed by atoms with Gasteiger partial charge in [-0.2, -0.15) is 0 Å². The topological polar surface area (TPSA) is 85.0 Å². The van der Waals surface area contributed by atoms with E-state index in [0.717, 1.165) is 37.1 Å². The number of nitrogens with zero attached hydrogens (tertiary/aromatic N) is 3. The van der Waals surface area contributed by atoms with Crippen LogP contribution in [0.1, 0.15) is 24.8 Å². The molecule has 8 nitrogen and oxygen atoms in total. The van der Waals surface area contributed by atoms with E-state index >= 15 is 0 Å². The lowest BCUT2D eigenvalue weighted by Gasteiger charge is -2.36. The zero-order valence-electron chi connectivity index (χ0n) is 16.2. The van der Waals surface area contributed by atoms with Crippen molar-refractivity contribution in [2.75, 3.05) is 50.4 Å². The van der Waals surface area contributed by atoms with Crippen LogP contribution in [0.15, 0.2) is 18.2 Å². The number of piperazine rings is 1. The number of carbonyl (C=O) groups excluding carboxylic acids is 3. The first-order chi connectivity index (χ1) is 13.5. The largest absolute Gasteiger partial charge is 0.338 e. The maximum absolute atomic E-state index is 12.7. The summed E-state index contributed by atoms with van der Waals surface area (Å²) in [5, 5.41) is 5.76. The Balaban J connectivity index is 1.31. The molecule has 8 heteroatoms. The third-order valence-corrected chi connectivity index (χ3v) is 5.94. The second-order valence-corrected chi connectivity index (χ2v) is 7.80. The molecule has 4 rings (SSSR count). The first-order valence-corrected chi connectivity index (χ1v) is 9.99. The molecule has 3 aliphatic heterocycles. The van der Waals surface area contributed by atoms with Gasteiger partial charge in [-0.1, -0.05) is 6.07 Å². The van der Waals surface area contributed by atoms with Crippen LogP contribution in [-0.2, 0) is 16.0 Å². The number of hydrogen-bond acceptors (Lipinski definition) is 4. The molecule has 1 aromatic rings. The van der Waals surface area contributed by atoms with Crippen molar-refractivity contribution < 1.29 is 14.4 Å². The number of urea groups is 1. The zero-order valence-corrected chi connectivity index (χ0v) is 16.2. The minimum absolute atomic E-state index is 0.00433. The van der Waals surface area contributed by atoms with E-state index in [4.69, 9.17) is 0 Å². The number of carbonyl (C=O) groups is 3. The third-order valence-electron chi connectivity index (χ3n) is 5.94. The molecule has 28 heavy (non-hydrogen) atoms. The molecule has 4 amide bonds. The van der Waals surface area contributed by atoms with Gasteiger partial charge in [0.15, 0.2) is 0 Å². The van der Waals surface area contributed by atoms with Crippen molar-refractivity contribution in [1.82, 2.24) is 14.7 Å². The van der Waals surface area contributed by atoms with Crippen molar-refractivity contribution in [3.05, 3.63) is 23.8 Å². The molecule has 3 aliphatic rings. The van der Waals surface area contributed by atoms with Gasteiger partial charge in [0.1, 0.15) is 0 Å². The van der Waals surface area contributed by atoms with Gasteiger partial charge in [0.2, 0.25) is 11.8 Å². The molecule has 2 saturated heterocycles. The number of rotatable bonds is 2. The number of likely N-dealkylation sites (N-methyl/N-ethyl adjacent to an activating group) is 1. The average molecular weight is 385 g/mol. The summed E-state index contributed by atoms with van der Waals surface area (Å²) in [5.74, 6) is 0.190. The van der Waals surface area contributed by atoms with Crippen LogP contribution < -0.4 is 10.6 Å². The number of benzene rings is 1. The fraction of sp³-hybridized carbons (Fsp3) is 0.550. The highest BCUT2D eigenvalue weighted by Crippen LogP contribution is 2.26. The Morgan fingerprint density at radius 3 is 2.54 bits per heavy atom. The van der Waals surface area contributed by atoms with E-state index in [0.29, 0.717) is 38.3 Å². The van der Waals surface area contributed by atoms with Crippen LogP contribution in [0.3, 0.4) is 0 Å². The standard InChI is InChI=1S/C20H27N5O3/c1-23-8-2-3-17(23)19(27)24-9-11-25(12-10-24)20(28)21-15-6-4-14-5-7-18(26)22-16(14)13-15/h4,6,13,17H,2-3,5,7-12H2,1H3,(H,21,28)(H,22,26).